The molecule has 9 nitrogen and oxygen atoms in total. The number of methoxy groups -OCH3 is 1. The van der Waals surface area contributed by atoms with Gasteiger partial charge in [0, 0.05) is 25.8 Å². The number of aromatic amines is 1. The zero-order valence-electron chi connectivity index (χ0n) is 16.0. The van der Waals surface area contributed by atoms with E-state index in [1.807, 2.05) is 6.92 Å². The van der Waals surface area contributed by atoms with Crippen molar-refractivity contribution in [2.24, 2.45) is 0 Å². The van der Waals surface area contributed by atoms with Gasteiger partial charge in [0.1, 0.15) is 11.6 Å². The summed E-state index contributed by atoms with van der Waals surface area (Å²) in [5.74, 6) is -0.888. The van der Waals surface area contributed by atoms with Crippen molar-refractivity contribution in [3.8, 4) is 5.75 Å². The summed E-state index contributed by atoms with van der Waals surface area (Å²) >= 11 is 0. The van der Waals surface area contributed by atoms with Crippen LogP contribution in [0.2, 0.25) is 0 Å². The molecule has 3 N–H and O–H groups in total. The summed E-state index contributed by atoms with van der Waals surface area (Å²) in [5, 5.41) is 0. The number of carbonyl (C=O) groups is 1. The third-order valence-electron chi connectivity index (χ3n) is 4.02. The molecule has 0 unspecified atom stereocenters. The number of nitrogens with one attached hydrogen (secondary N) is 1. The molecule has 2 aromatic rings. The van der Waals surface area contributed by atoms with Crippen LogP contribution in [-0.2, 0) is 11.3 Å². The first-order chi connectivity index (χ1) is 13.8. The molecule has 0 fully saturated rings. The highest BCUT2D eigenvalue weighted by atomic mass is 19.3. The zero-order chi connectivity index (χ0) is 21.6. The Labute approximate surface area is 164 Å². The number of benzene rings is 1. The summed E-state index contributed by atoms with van der Waals surface area (Å²) < 4.78 is 35.0. The van der Waals surface area contributed by atoms with Crippen molar-refractivity contribution in [3.05, 3.63) is 50.7 Å². The molecule has 0 aliphatic heterocycles. The molecule has 1 aromatic carbocycles. The molecule has 1 aromatic heterocycles. The Bertz CT molecular complexity index is 956. The smallest absolute Gasteiger partial charge is 0.387 e. The largest absolute Gasteiger partial charge is 0.435 e. The topological polar surface area (TPSA) is 120 Å². The van der Waals surface area contributed by atoms with Gasteiger partial charge in [-0.1, -0.05) is 6.92 Å². The van der Waals surface area contributed by atoms with Gasteiger partial charge in [-0.15, -0.1) is 0 Å². The van der Waals surface area contributed by atoms with Crippen LogP contribution in [0.1, 0.15) is 23.7 Å². The second kappa shape index (κ2) is 9.82. The van der Waals surface area contributed by atoms with Gasteiger partial charge in [-0.2, -0.15) is 8.78 Å². The maximum Gasteiger partial charge on any atom is 0.387 e. The molecule has 0 saturated carbocycles. The number of amides is 1. The van der Waals surface area contributed by atoms with Crippen molar-refractivity contribution in [1.29, 1.82) is 0 Å². The molecule has 0 atom stereocenters. The van der Waals surface area contributed by atoms with E-state index >= 15 is 0 Å². The van der Waals surface area contributed by atoms with E-state index < -0.39 is 23.8 Å². The number of rotatable bonds is 9. The Morgan fingerprint density at radius 3 is 2.48 bits per heavy atom. The molecule has 0 aliphatic carbocycles. The summed E-state index contributed by atoms with van der Waals surface area (Å²) in [6.07, 6.45) is 0.577. The number of nitrogens with zero attached hydrogens (tertiary/aromatic N) is 2. The van der Waals surface area contributed by atoms with Gasteiger partial charge in [0.2, 0.25) is 0 Å². The van der Waals surface area contributed by atoms with Gasteiger partial charge in [-0.25, -0.2) is 4.79 Å². The first kappa shape index (κ1) is 22.1. The van der Waals surface area contributed by atoms with E-state index in [4.69, 9.17) is 10.5 Å². The molecule has 158 valence electrons. The number of H-pyrrole nitrogens is 1. The molecule has 11 heteroatoms. The van der Waals surface area contributed by atoms with Gasteiger partial charge in [-0.3, -0.25) is 24.0 Å². The molecule has 0 bridgehead atoms. The lowest BCUT2D eigenvalue weighted by molar-refractivity contribution is -0.0498. The highest BCUT2D eigenvalue weighted by Crippen LogP contribution is 2.21. The number of carbonyl (C=O) groups excluding carboxylic acids is 1. The van der Waals surface area contributed by atoms with Crippen molar-refractivity contribution >= 4 is 17.4 Å². The van der Waals surface area contributed by atoms with Crippen LogP contribution in [0.5, 0.6) is 5.75 Å². The summed E-state index contributed by atoms with van der Waals surface area (Å²) in [5.41, 5.74) is 4.47. The summed E-state index contributed by atoms with van der Waals surface area (Å²) in [6.45, 7) is -0.854. The van der Waals surface area contributed by atoms with E-state index in [0.717, 1.165) is 4.90 Å². The standard InChI is InChI=1S/C18H22F2N4O5/c1-3-8-24-14(21)13(15(25)22-18(24)27)23(9-10-28-2)16(26)11-4-6-12(7-5-11)29-17(19)20/h4-7,17H,3,8-10,21H2,1-2H3,(H,22,25,27). The molecule has 1 amide bonds. The van der Waals surface area contributed by atoms with E-state index in [-0.39, 0.29) is 42.5 Å². The third-order valence-corrected chi connectivity index (χ3v) is 4.02. The van der Waals surface area contributed by atoms with Crippen molar-refractivity contribution < 1.29 is 23.0 Å². The number of hydrogen-bond donors (Lipinski definition) is 2. The van der Waals surface area contributed by atoms with Crippen molar-refractivity contribution in [1.82, 2.24) is 9.55 Å². The van der Waals surface area contributed by atoms with E-state index in [1.165, 1.54) is 35.9 Å². The number of hydrogen-bond acceptors (Lipinski definition) is 6. The van der Waals surface area contributed by atoms with E-state index in [1.54, 1.807) is 0 Å². The van der Waals surface area contributed by atoms with Gasteiger partial charge in [0.15, 0.2) is 5.69 Å². The average molecular weight is 412 g/mol. The maximum absolute atomic E-state index is 13.0. The zero-order valence-corrected chi connectivity index (χ0v) is 16.0. The van der Waals surface area contributed by atoms with Crippen molar-refractivity contribution in [2.45, 2.75) is 26.5 Å². The molecule has 0 aliphatic rings. The number of alkyl halides is 2. The van der Waals surface area contributed by atoms with Gasteiger partial charge >= 0.3 is 12.3 Å². The average Bonchev–Trinajstić information content (AvgIpc) is 2.67. The molecular weight excluding hydrogens is 390 g/mol. The fourth-order valence-electron chi connectivity index (χ4n) is 2.72. The second-order valence-electron chi connectivity index (χ2n) is 6.00. The van der Waals surface area contributed by atoms with E-state index in [9.17, 15) is 23.2 Å². The normalized spacial score (nSPS) is 10.9. The number of halogens is 2. The highest BCUT2D eigenvalue weighted by molar-refractivity contribution is 6.07. The summed E-state index contributed by atoms with van der Waals surface area (Å²) in [7, 11) is 1.42. The maximum atomic E-state index is 13.0. The lowest BCUT2D eigenvalue weighted by Crippen LogP contribution is -2.42. The Balaban J connectivity index is 2.49. The molecular formula is C18H22F2N4O5. The predicted octanol–water partition coefficient (Wildman–Crippen LogP) is 1.42. The quantitative estimate of drug-likeness (QED) is 0.643. The van der Waals surface area contributed by atoms with Crippen LogP contribution in [-0.4, -0.2) is 42.3 Å². The molecule has 29 heavy (non-hydrogen) atoms. The highest BCUT2D eigenvalue weighted by Gasteiger charge is 2.25. The minimum Gasteiger partial charge on any atom is -0.435 e. The van der Waals surface area contributed by atoms with Crippen LogP contribution < -0.4 is 26.6 Å². The van der Waals surface area contributed by atoms with Crippen LogP contribution in [0, 0.1) is 0 Å². The number of aromatic nitrogens is 2. The van der Waals surface area contributed by atoms with E-state index in [0.29, 0.717) is 6.42 Å². The van der Waals surface area contributed by atoms with Gasteiger partial charge in [0.25, 0.3) is 11.5 Å². The summed E-state index contributed by atoms with van der Waals surface area (Å²) in [6, 6.07) is 4.98. The Hall–Kier alpha value is -3.21. The van der Waals surface area contributed by atoms with Crippen LogP contribution >= 0.6 is 0 Å². The van der Waals surface area contributed by atoms with Crippen LogP contribution in [0.15, 0.2) is 33.9 Å². The number of nitrogen functional groups attached to an aromatic ring is 1. The fourth-order valence-corrected chi connectivity index (χ4v) is 2.72. The number of ether oxygens (including phenoxy) is 2. The lowest BCUT2D eigenvalue weighted by Gasteiger charge is -2.24. The van der Waals surface area contributed by atoms with Crippen LogP contribution in [0.3, 0.4) is 0 Å². The van der Waals surface area contributed by atoms with Crippen molar-refractivity contribution in [3.63, 3.8) is 0 Å². The van der Waals surface area contributed by atoms with Gasteiger partial charge < -0.3 is 15.2 Å². The predicted molar refractivity (Wildman–Crippen MR) is 103 cm³/mol. The minimum absolute atomic E-state index is 0.0256. The first-order valence-corrected chi connectivity index (χ1v) is 8.78. The molecule has 0 saturated heterocycles. The Morgan fingerprint density at radius 1 is 1.28 bits per heavy atom. The van der Waals surface area contributed by atoms with E-state index in [2.05, 4.69) is 9.72 Å². The Morgan fingerprint density at radius 2 is 1.93 bits per heavy atom. The van der Waals surface area contributed by atoms with Crippen LogP contribution in [0.25, 0.3) is 0 Å². The fraction of sp³-hybridized carbons (Fsp3) is 0.389. The second-order valence-corrected chi connectivity index (χ2v) is 6.00. The molecule has 0 spiro atoms. The molecule has 1 heterocycles. The Kier molecular flexibility index (Phi) is 7.48. The van der Waals surface area contributed by atoms with Gasteiger partial charge in [-0.05, 0) is 30.7 Å². The summed E-state index contributed by atoms with van der Waals surface area (Å²) in [4.78, 5) is 40.8. The SMILES string of the molecule is CCCn1c(N)c(N(CCOC)C(=O)c2ccc(OC(F)F)cc2)c(=O)[nH]c1=O. The molecule has 0 radical (unpaired) electrons. The number of anilines is 2. The third kappa shape index (κ3) is 5.19. The van der Waals surface area contributed by atoms with Crippen LogP contribution in [0.4, 0.5) is 20.3 Å². The minimum atomic E-state index is -2.99. The molecule has 2 rings (SSSR count). The first-order valence-electron chi connectivity index (χ1n) is 8.78. The lowest BCUT2D eigenvalue weighted by atomic mass is 10.1. The van der Waals surface area contributed by atoms with Gasteiger partial charge in [0.05, 0.1) is 6.61 Å². The number of nitrogens with two attached hydrogens (primary N) is 1. The monoisotopic (exact) mass is 412 g/mol. The van der Waals surface area contributed by atoms with Crippen molar-refractivity contribution in [2.75, 3.05) is 30.9 Å².